The number of amides is 1. The fraction of sp³-hybridized carbons (Fsp3) is 0.409. The summed E-state index contributed by atoms with van der Waals surface area (Å²) >= 11 is 0. The van der Waals surface area contributed by atoms with Gasteiger partial charge in [0.1, 0.15) is 11.4 Å². The Hall–Kier alpha value is -3.09. The van der Waals surface area contributed by atoms with Crippen molar-refractivity contribution in [3.63, 3.8) is 0 Å². The lowest BCUT2D eigenvalue weighted by Gasteiger charge is -2.25. The molecule has 0 aliphatic heterocycles. The number of rotatable bonds is 3. The summed E-state index contributed by atoms with van der Waals surface area (Å²) in [5.41, 5.74) is 3.56. The highest BCUT2D eigenvalue weighted by Gasteiger charge is 2.25. The lowest BCUT2D eigenvalue weighted by Crippen LogP contribution is -2.41. The Bertz CT molecular complexity index is 1050. The maximum atomic E-state index is 12.1. The molecule has 0 fully saturated rings. The van der Waals surface area contributed by atoms with Crippen molar-refractivity contribution in [2.24, 2.45) is 0 Å². The summed E-state index contributed by atoms with van der Waals surface area (Å²) in [6, 6.07) is 7.83. The van der Waals surface area contributed by atoms with Crippen LogP contribution in [0.3, 0.4) is 0 Å². The Labute approximate surface area is 170 Å². The van der Waals surface area contributed by atoms with Crippen LogP contribution in [0.15, 0.2) is 36.7 Å². The largest absolute Gasteiger partial charge is 0.497 e. The standard InChI is InChI=1S/C22H26N4O3/c1-22(2,3)29-21(27)24-15-5-7-18-14(11-15)13-26(25-18)20-9-10-23-19-8-6-16(28-4)12-17(19)20/h6,8-10,12-13,15H,5,7,11H2,1-4H3,(H,24,27). The third kappa shape index (κ3) is 4.18. The average molecular weight is 394 g/mol. The van der Waals surface area contributed by atoms with Crippen LogP contribution in [0.4, 0.5) is 4.79 Å². The van der Waals surface area contributed by atoms with E-state index in [0.29, 0.717) is 0 Å². The third-order valence-electron chi connectivity index (χ3n) is 4.97. The van der Waals surface area contributed by atoms with E-state index in [2.05, 4.69) is 10.3 Å². The molecule has 0 radical (unpaired) electrons. The Morgan fingerprint density at radius 3 is 2.86 bits per heavy atom. The molecule has 2 heterocycles. The minimum Gasteiger partial charge on any atom is -0.497 e. The van der Waals surface area contributed by atoms with E-state index < -0.39 is 5.60 Å². The minimum atomic E-state index is -0.502. The summed E-state index contributed by atoms with van der Waals surface area (Å²) < 4.78 is 12.7. The van der Waals surface area contributed by atoms with Crippen molar-refractivity contribution in [2.75, 3.05) is 7.11 Å². The first-order valence-electron chi connectivity index (χ1n) is 9.82. The van der Waals surface area contributed by atoms with Gasteiger partial charge in [0.05, 0.1) is 24.0 Å². The van der Waals surface area contributed by atoms with Crippen molar-refractivity contribution in [1.29, 1.82) is 0 Å². The molecular formula is C22H26N4O3. The molecule has 29 heavy (non-hydrogen) atoms. The summed E-state index contributed by atoms with van der Waals surface area (Å²) in [5, 5.41) is 8.77. The van der Waals surface area contributed by atoms with Gasteiger partial charge in [0.25, 0.3) is 0 Å². The zero-order chi connectivity index (χ0) is 20.6. The van der Waals surface area contributed by atoms with E-state index in [1.807, 2.05) is 55.9 Å². The summed E-state index contributed by atoms with van der Waals surface area (Å²) in [6.45, 7) is 5.59. The number of aryl methyl sites for hydroxylation is 1. The number of nitrogens with zero attached hydrogens (tertiary/aromatic N) is 3. The lowest BCUT2D eigenvalue weighted by molar-refractivity contribution is 0.0500. The van der Waals surface area contributed by atoms with Crippen LogP contribution in [-0.4, -0.2) is 39.6 Å². The van der Waals surface area contributed by atoms with Crippen molar-refractivity contribution in [3.8, 4) is 11.4 Å². The van der Waals surface area contributed by atoms with Gasteiger partial charge in [-0.1, -0.05) is 0 Å². The maximum Gasteiger partial charge on any atom is 0.407 e. The maximum absolute atomic E-state index is 12.1. The van der Waals surface area contributed by atoms with Crippen LogP contribution in [0.5, 0.6) is 5.75 Å². The van der Waals surface area contributed by atoms with Gasteiger partial charge in [-0.05, 0) is 69.9 Å². The third-order valence-corrected chi connectivity index (χ3v) is 4.97. The molecule has 1 aromatic carbocycles. The first-order chi connectivity index (χ1) is 13.8. The molecule has 1 aliphatic rings. The van der Waals surface area contributed by atoms with Crippen LogP contribution in [0, 0.1) is 0 Å². The molecule has 3 aromatic rings. The van der Waals surface area contributed by atoms with E-state index in [-0.39, 0.29) is 12.1 Å². The monoisotopic (exact) mass is 394 g/mol. The second-order valence-electron chi connectivity index (χ2n) is 8.34. The van der Waals surface area contributed by atoms with Crippen molar-refractivity contribution < 1.29 is 14.3 Å². The Kier molecular flexibility index (Phi) is 4.90. The molecule has 152 valence electrons. The molecule has 1 N–H and O–H groups in total. The number of carbonyl (C=O) groups excluding carboxylic acids is 1. The van der Waals surface area contributed by atoms with Gasteiger partial charge < -0.3 is 14.8 Å². The van der Waals surface area contributed by atoms with Gasteiger partial charge in [-0.3, -0.25) is 4.98 Å². The number of fused-ring (bicyclic) bond motifs is 2. The zero-order valence-electron chi connectivity index (χ0n) is 17.2. The first kappa shape index (κ1) is 19.2. The molecule has 1 amide bonds. The number of aromatic nitrogens is 3. The molecule has 0 spiro atoms. The predicted molar refractivity (Wildman–Crippen MR) is 111 cm³/mol. The fourth-order valence-electron chi connectivity index (χ4n) is 3.66. The molecule has 0 saturated carbocycles. The Balaban J connectivity index is 1.58. The number of hydrogen-bond acceptors (Lipinski definition) is 5. The molecule has 1 unspecified atom stereocenters. The predicted octanol–water partition coefficient (Wildman–Crippen LogP) is 3.81. The highest BCUT2D eigenvalue weighted by Crippen LogP contribution is 2.27. The number of pyridine rings is 1. The molecular weight excluding hydrogens is 368 g/mol. The van der Waals surface area contributed by atoms with E-state index in [1.165, 1.54) is 0 Å². The zero-order valence-corrected chi connectivity index (χ0v) is 17.2. The van der Waals surface area contributed by atoms with Crippen molar-refractivity contribution >= 4 is 17.0 Å². The highest BCUT2D eigenvalue weighted by atomic mass is 16.6. The van der Waals surface area contributed by atoms with E-state index >= 15 is 0 Å². The number of hydrogen-bond donors (Lipinski definition) is 1. The number of carbonyl (C=O) groups is 1. The number of benzene rings is 1. The highest BCUT2D eigenvalue weighted by molar-refractivity contribution is 5.88. The molecule has 1 atom stereocenters. The average Bonchev–Trinajstić information content (AvgIpc) is 3.08. The fourth-order valence-corrected chi connectivity index (χ4v) is 3.66. The molecule has 7 nitrogen and oxygen atoms in total. The SMILES string of the molecule is COc1ccc2nccc(-n3cc4c(n3)CCC(NC(=O)OC(C)(C)C)C4)c2c1. The smallest absolute Gasteiger partial charge is 0.407 e. The van der Waals surface area contributed by atoms with Crippen LogP contribution >= 0.6 is 0 Å². The molecule has 1 aliphatic carbocycles. The van der Waals surface area contributed by atoms with Crippen LogP contribution in [0.2, 0.25) is 0 Å². The van der Waals surface area contributed by atoms with Crippen LogP contribution in [0.25, 0.3) is 16.6 Å². The number of ether oxygens (including phenoxy) is 2. The quantitative estimate of drug-likeness (QED) is 0.731. The Morgan fingerprint density at radius 1 is 1.28 bits per heavy atom. The van der Waals surface area contributed by atoms with Crippen molar-refractivity contribution in [1.82, 2.24) is 20.1 Å². The van der Waals surface area contributed by atoms with E-state index in [1.54, 1.807) is 13.3 Å². The van der Waals surface area contributed by atoms with E-state index in [4.69, 9.17) is 14.6 Å². The summed E-state index contributed by atoms with van der Waals surface area (Å²) in [4.78, 5) is 16.5. The molecule has 0 bridgehead atoms. The van der Waals surface area contributed by atoms with Gasteiger partial charge in [-0.2, -0.15) is 5.10 Å². The van der Waals surface area contributed by atoms with Crippen molar-refractivity contribution in [3.05, 3.63) is 47.9 Å². The van der Waals surface area contributed by atoms with Gasteiger partial charge in [0, 0.05) is 23.8 Å². The van der Waals surface area contributed by atoms with Gasteiger partial charge in [0.15, 0.2) is 0 Å². The molecule has 0 saturated heterocycles. The van der Waals surface area contributed by atoms with Gasteiger partial charge in [-0.25, -0.2) is 9.48 Å². The summed E-state index contributed by atoms with van der Waals surface area (Å²) in [6.07, 6.45) is 5.86. The molecule has 7 heteroatoms. The van der Waals surface area contributed by atoms with Gasteiger partial charge >= 0.3 is 6.09 Å². The number of methoxy groups -OCH3 is 1. The topological polar surface area (TPSA) is 78.3 Å². The summed E-state index contributed by atoms with van der Waals surface area (Å²) in [5.74, 6) is 0.783. The number of nitrogens with one attached hydrogen (secondary N) is 1. The first-order valence-corrected chi connectivity index (χ1v) is 9.82. The second kappa shape index (κ2) is 7.39. The van der Waals surface area contributed by atoms with E-state index in [0.717, 1.165) is 52.9 Å². The number of alkyl carbamates (subject to hydrolysis) is 1. The Morgan fingerprint density at radius 2 is 2.10 bits per heavy atom. The van der Waals surface area contributed by atoms with Gasteiger partial charge in [-0.15, -0.1) is 0 Å². The van der Waals surface area contributed by atoms with Crippen molar-refractivity contribution in [2.45, 2.75) is 51.7 Å². The molecule has 4 rings (SSSR count). The normalized spacial score (nSPS) is 16.3. The second-order valence-corrected chi connectivity index (χ2v) is 8.34. The van der Waals surface area contributed by atoms with Crippen LogP contribution < -0.4 is 10.1 Å². The molecule has 2 aromatic heterocycles. The summed E-state index contributed by atoms with van der Waals surface area (Å²) in [7, 11) is 1.65. The van der Waals surface area contributed by atoms with E-state index in [9.17, 15) is 4.79 Å². The lowest BCUT2D eigenvalue weighted by atomic mass is 9.94. The van der Waals surface area contributed by atoms with Crippen LogP contribution in [-0.2, 0) is 17.6 Å². The van der Waals surface area contributed by atoms with Gasteiger partial charge in [0.2, 0.25) is 0 Å². The van der Waals surface area contributed by atoms with Crippen LogP contribution in [0.1, 0.15) is 38.4 Å². The minimum absolute atomic E-state index is 0.0456.